The van der Waals surface area contributed by atoms with Gasteiger partial charge in [0.1, 0.15) is 0 Å². The first kappa shape index (κ1) is 20.2. The summed E-state index contributed by atoms with van der Waals surface area (Å²) in [6, 6.07) is 15.1. The van der Waals surface area contributed by atoms with E-state index in [-0.39, 0.29) is 0 Å². The minimum Gasteiger partial charge on any atom is -0.257 e. The highest BCUT2D eigenvalue weighted by molar-refractivity contribution is 5.28. The molecule has 0 fully saturated rings. The molecule has 2 aromatic rings. The molecule has 1 aromatic carbocycles. The molecule has 1 heteroatoms. The highest BCUT2D eigenvalue weighted by Gasteiger charge is 2.23. The lowest BCUT2D eigenvalue weighted by Crippen LogP contribution is -2.17. The van der Waals surface area contributed by atoms with Crippen LogP contribution in [-0.2, 0) is 12.8 Å². The molecular weight excluding hydrogens is 314 g/mol. The van der Waals surface area contributed by atoms with Crippen molar-refractivity contribution in [2.24, 2.45) is 5.92 Å². The Labute approximate surface area is 159 Å². The number of hydrogen-bond donors (Lipinski definition) is 0. The van der Waals surface area contributed by atoms with Crippen molar-refractivity contribution in [3.63, 3.8) is 0 Å². The molecule has 0 N–H and O–H groups in total. The summed E-state index contributed by atoms with van der Waals surface area (Å²) in [6.45, 7) is 17.0. The van der Waals surface area contributed by atoms with Crippen molar-refractivity contribution in [3.05, 3.63) is 89.3 Å². The van der Waals surface area contributed by atoms with Gasteiger partial charge in [0.2, 0.25) is 0 Å². The smallest absolute Gasteiger partial charge is 0.0470 e. The Balaban J connectivity index is 2.20. The van der Waals surface area contributed by atoms with Crippen molar-refractivity contribution >= 4 is 0 Å². The minimum atomic E-state index is 0.355. The Morgan fingerprint density at radius 2 is 1.73 bits per heavy atom. The number of aryl methyl sites for hydroxylation is 2. The van der Waals surface area contributed by atoms with Crippen LogP contribution in [0.5, 0.6) is 0 Å². The van der Waals surface area contributed by atoms with E-state index in [4.69, 9.17) is 4.98 Å². The van der Waals surface area contributed by atoms with E-state index in [9.17, 15) is 0 Å². The zero-order chi connectivity index (χ0) is 19.1. The molecule has 0 aliphatic carbocycles. The first-order chi connectivity index (χ1) is 12.4. The Morgan fingerprint density at radius 3 is 2.35 bits per heavy atom. The second-order valence-corrected chi connectivity index (χ2v) is 7.75. The van der Waals surface area contributed by atoms with E-state index in [2.05, 4.69) is 83.3 Å². The van der Waals surface area contributed by atoms with Gasteiger partial charge in [0, 0.05) is 17.3 Å². The SMILES string of the molecule is C=C(C)CCCc1ccc(C)c(C(C)[C@@H](Cc2ccccc2)C(=C)C)n1. The Hall–Kier alpha value is -2.15. The summed E-state index contributed by atoms with van der Waals surface area (Å²) < 4.78 is 0. The van der Waals surface area contributed by atoms with Crippen LogP contribution in [0, 0.1) is 12.8 Å². The molecule has 2 atom stereocenters. The van der Waals surface area contributed by atoms with Crippen LogP contribution in [-0.4, -0.2) is 4.98 Å². The highest BCUT2D eigenvalue weighted by Crippen LogP contribution is 2.33. The van der Waals surface area contributed by atoms with Gasteiger partial charge >= 0.3 is 0 Å². The van der Waals surface area contributed by atoms with Crippen molar-refractivity contribution in [3.8, 4) is 0 Å². The normalized spacial score (nSPS) is 13.2. The van der Waals surface area contributed by atoms with Crippen molar-refractivity contribution < 1.29 is 0 Å². The van der Waals surface area contributed by atoms with E-state index in [0.29, 0.717) is 11.8 Å². The number of benzene rings is 1. The van der Waals surface area contributed by atoms with Crippen LogP contribution in [0.25, 0.3) is 0 Å². The maximum Gasteiger partial charge on any atom is 0.0470 e. The summed E-state index contributed by atoms with van der Waals surface area (Å²) in [6.07, 6.45) is 4.22. The van der Waals surface area contributed by atoms with E-state index < -0.39 is 0 Å². The number of rotatable bonds is 9. The standard InChI is InChI=1S/C25H33N/c1-18(2)11-10-14-23-16-15-20(5)25(26-23)21(6)24(19(3)4)17-22-12-8-7-9-13-22/h7-9,12-13,15-16,21,24H,1,3,10-11,14,17H2,2,4-6H3/t21?,24-/m0/s1. The summed E-state index contributed by atoms with van der Waals surface area (Å²) in [5.41, 5.74) is 7.54. The van der Waals surface area contributed by atoms with Crippen LogP contribution in [0.3, 0.4) is 0 Å². The lowest BCUT2D eigenvalue weighted by atomic mass is 9.80. The maximum atomic E-state index is 5.04. The second kappa shape index (κ2) is 9.52. The molecule has 0 radical (unpaired) electrons. The van der Waals surface area contributed by atoms with Gasteiger partial charge < -0.3 is 0 Å². The summed E-state index contributed by atoms with van der Waals surface area (Å²) in [4.78, 5) is 5.04. The molecule has 26 heavy (non-hydrogen) atoms. The lowest BCUT2D eigenvalue weighted by Gasteiger charge is -2.26. The van der Waals surface area contributed by atoms with Gasteiger partial charge in [0.15, 0.2) is 0 Å². The predicted octanol–water partition coefficient (Wildman–Crippen LogP) is 6.83. The number of aromatic nitrogens is 1. The summed E-state index contributed by atoms with van der Waals surface area (Å²) in [5, 5.41) is 0. The molecule has 1 unspecified atom stereocenters. The fraction of sp³-hybridized carbons (Fsp3) is 0.400. The van der Waals surface area contributed by atoms with Crippen LogP contribution in [0.1, 0.15) is 62.0 Å². The zero-order valence-corrected chi connectivity index (χ0v) is 16.9. The van der Waals surface area contributed by atoms with E-state index in [0.717, 1.165) is 25.7 Å². The third kappa shape index (κ3) is 5.69. The number of pyridine rings is 1. The number of allylic oxidation sites excluding steroid dienone is 2. The van der Waals surface area contributed by atoms with Crippen LogP contribution in [0.2, 0.25) is 0 Å². The summed E-state index contributed by atoms with van der Waals surface area (Å²) >= 11 is 0. The fourth-order valence-electron chi connectivity index (χ4n) is 3.59. The molecule has 1 nitrogen and oxygen atoms in total. The maximum absolute atomic E-state index is 5.04. The third-order valence-corrected chi connectivity index (χ3v) is 5.20. The van der Waals surface area contributed by atoms with Crippen LogP contribution in [0.15, 0.2) is 66.8 Å². The zero-order valence-electron chi connectivity index (χ0n) is 16.9. The molecule has 0 saturated carbocycles. The molecule has 138 valence electrons. The van der Waals surface area contributed by atoms with Crippen molar-refractivity contribution in [2.45, 2.75) is 59.3 Å². The van der Waals surface area contributed by atoms with Gasteiger partial charge in [-0.1, -0.05) is 61.0 Å². The molecule has 1 heterocycles. The lowest BCUT2D eigenvalue weighted by molar-refractivity contribution is 0.498. The molecule has 1 aromatic heterocycles. The molecule has 2 rings (SSSR count). The van der Waals surface area contributed by atoms with Crippen molar-refractivity contribution in [1.82, 2.24) is 4.98 Å². The topological polar surface area (TPSA) is 12.9 Å². The van der Waals surface area contributed by atoms with E-state index in [1.54, 1.807) is 0 Å². The molecule has 0 amide bonds. The van der Waals surface area contributed by atoms with E-state index >= 15 is 0 Å². The van der Waals surface area contributed by atoms with Crippen LogP contribution in [0.4, 0.5) is 0 Å². The fourth-order valence-corrected chi connectivity index (χ4v) is 3.59. The molecule has 0 saturated heterocycles. The van der Waals surface area contributed by atoms with Gasteiger partial charge in [-0.25, -0.2) is 0 Å². The molecule has 0 aliphatic rings. The highest BCUT2D eigenvalue weighted by atomic mass is 14.7. The van der Waals surface area contributed by atoms with Gasteiger partial charge in [-0.15, -0.1) is 6.58 Å². The van der Waals surface area contributed by atoms with Gasteiger partial charge in [0.25, 0.3) is 0 Å². The van der Waals surface area contributed by atoms with E-state index in [1.807, 2.05) is 0 Å². The monoisotopic (exact) mass is 347 g/mol. The summed E-state index contributed by atoms with van der Waals surface area (Å²) in [7, 11) is 0. The molecule has 0 aliphatic heterocycles. The van der Waals surface area contributed by atoms with Gasteiger partial charge in [-0.05, 0) is 69.6 Å². The van der Waals surface area contributed by atoms with Crippen LogP contribution < -0.4 is 0 Å². The first-order valence-electron chi connectivity index (χ1n) is 9.68. The predicted molar refractivity (Wildman–Crippen MR) is 114 cm³/mol. The molecular formula is C25H33N. The third-order valence-electron chi connectivity index (χ3n) is 5.20. The average molecular weight is 348 g/mol. The van der Waals surface area contributed by atoms with E-state index in [1.165, 1.54) is 33.7 Å². The minimum absolute atomic E-state index is 0.355. The Kier molecular flexibility index (Phi) is 7.38. The first-order valence-corrected chi connectivity index (χ1v) is 9.68. The van der Waals surface area contributed by atoms with Crippen molar-refractivity contribution in [1.29, 1.82) is 0 Å². The average Bonchev–Trinajstić information content (AvgIpc) is 2.61. The quantitative estimate of drug-likeness (QED) is 0.453. The molecule has 0 bridgehead atoms. The van der Waals surface area contributed by atoms with Gasteiger partial charge in [0.05, 0.1) is 0 Å². The largest absolute Gasteiger partial charge is 0.257 e. The van der Waals surface area contributed by atoms with Gasteiger partial charge in [-0.2, -0.15) is 0 Å². The second-order valence-electron chi connectivity index (χ2n) is 7.75. The molecule has 0 spiro atoms. The van der Waals surface area contributed by atoms with Crippen molar-refractivity contribution in [2.75, 3.05) is 0 Å². The summed E-state index contributed by atoms with van der Waals surface area (Å²) in [5.74, 6) is 0.753. The Morgan fingerprint density at radius 1 is 1.04 bits per heavy atom. The van der Waals surface area contributed by atoms with Gasteiger partial charge in [-0.3, -0.25) is 4.98 Å². The number of nitrogens with zero attached hydrogens (tertiary/aromatic N) is 1. The van der Waals surface area contributed by atoms with Crippen LogP contribution >= 0.6 is 0 Å². The number of hydrogen-bond acceptors (Lipinski definition) is 1. The Bertz CT molecular complexity index is 742.